The van der Waals surface area contributed by atoms with Gasteiger partial charge in [-0.15, -0.1) is 0 Å². The van der Waals surface area contributed by atoms with E-state index < -0.39 is 0 Å². The average Bonchev–Trinajstić information content (AvgIpc) is 2.46. The third kappa shape index (κ3) is 5.19. The molecular formula is C15H24N2O3. The number of hydrogen-bond donors (Lipinski definition) is 1. The molecule has 0 aliphatic heterocycles. The lowest BCUT2D eigenvalue weighted by atomic mass is 10.2. The first-order chi connectivity index (χ1) is 9.58. The summed E-state index contributed by atoms with van der Waals surface area (Å²) in [5, 5.41) is 0. The highest BCUT2D eigenvalue weighted by molar-refractivity contribution is 5.94. The van der Waals surface area contributed by atoms with Crippen molar-refractivity contribution in [3.8, 4) is 5.75 Å². The van der Waals surface area contributed by atoms with E-state index in [4.69, 9.17) is 15.2 Å². The van der Waals surface area contributed by atoms with E-state index in [1.807, 2.05) is 38.1 Å². The minimum Gasteiger partial charge on any atom is -0.497 e. The maximum absolute atomic E-state index is 12.2. The van der Waals surface area contributed by atoms with Gasteiger partial charge in [0.15, 0.2) is 0 Å². The van der Waals surface area contributed by atoms with E-state index >= 15 is 0 Å². The van der Waals surface area contributed by atoms with E-state index in [0.717, 1.165) is 17.9 Å². The van der Waals surface area contributed by atoms with Crippen molar-refractivity contribution in [1.82, 2.24) is 0 Å². The van der Waals surface area contributed by atoms with Gasteiger partial charge in [0.1, 0.15) is 12.4 Å². The SMILES string of the molecule is COc1ccc(N(CCCN)C(=O)COC(C)C)cc1. The summed E-state index contributed by atoms with van der Waals surface area (Å²) in [6.07, 6.45) is 0.783. The highest BCUT2D eigenvalue weighted by Gasteiger charge is 2.16. The Hall–Kier alpha value is -1.59. The second-order valence-corrected chi connectivity index (χ2v) is 4.75. The van der Waals surface area contributed by atoms with Gasteiger partial charge in [0, 0.05) is 12.2 Å². The van der Waals surface area contributed by atoms with Crippen molar-refractivity contribution in [2.75, 3.05) is 31.7 Å². The second-order valence-electron chi connectivity index (χ2n) is 4.75. The number of nitrogens with zero attached hydrogens (tertiary/aromatic N) is 1. The van der Waals surface area contributed by atoms with Crippen molar-refractivity contribution >= 4 is 11.6 Å². The fourth-order valence-electron chi connectivity index (χ4n) is 1.73. The summed E-state index contributed by atoms with van der Waals surface area (Å²) in [6.45, 7) is 5.03. The van der Waals surface area contributed by atoms with E-state index in [1.54, 1.807) is 12.0 Å². The van der Waals surface area contributed by atoms with Gasteiger partial charge in [-0.2, -0.15) is 0 Å². The number of methoxy groups -OCH3 is 1. The fourth-order valence-corrected chi connectivity index (χ4v) is 1.73. The summed E-state index contributed by atoms with van der Waals surface area (Å²) in [6, 6.07) is 7.40. The van der Waals surface area contributed by atoms with Gasteiger partial charge in [-0.1, -0.05) is 0 Å². The lowest BCUT2D eigenvalue weighted by Crippen LogP contribution is -2.36. The standard InChI is InChI=1S/C15H24N2O3/c1-12(2)20-11-15(18)17(10-4-9-16)13-5-7-14(19-3)8-6-13/h5-8,12H,4,9-11,16H2,1-3H3. The molecule has 1 amide bonds. The fraction of sp³-hybridized carbons (Fsp3) is 0.533. The number of carbonyl (C=O) groups is 1. The molecule has 2 N–H and O–H groups in total. The van der Waals surface area contributed by atoms with Gasteiger partial charge < -0.3 is 20.1 Å². The molecule has 0 aromatic heterocycles. The van der Waals surface area contributed by atoms with Crippen molar-refractivity contribution < 1.29 is 14.3 Å². The van der Waals surface area contributed by atoms with Crippen LogP contribution in [0.3, 0.4) is 0 Å². The molecule has 0 aliphatic carbocycles. The number of amides is 1. The van der Waals surface area contributed by atoms with Gasteiger partial charge in [-0.3, -0.25) is 4.79 Å². The van der Waals surface area contributed by atoms with Crippen molar-refractivity contribution in [1.29, 1.82) is 0 Å². The molecular weight excluding hydrogens is 256 g/mol. The number of ether oxygens (including phenoxy) is 2. The molecule has 5 heteroatoms. The minimum absolute atomic E-state index is 0.0335. The van der Waals surface area contributed by atoms with E-state index in [1.165, 1.54) is 0 Å². The zero-order chi connectivity index (χ0) is 15.0. The predicted octanol–water partition coefficient (Wildman–Crippen LogP) is 1.80. The second kappa shape index (κ2) is 8.55. The molecule has 0 atom stereocenters. The number of carbonyl (C=O) groups excluding carboxylic acids is 1. The summed E-state index contributed by atoms with van der Waals surface area (Å²) < 4.78 is 10.5. The van der Waals surface area contributed by atoms with Crippen LogP contribution in [-0.2, 0) is 9.53 Å². The van der Waals surface area contributed by atoms with Crippen LogP contribution in [0.25, 0.3) is 0 Å². The summed E-state index contributed by atoms with van der Waals surface area (Å²) in [5.74, 6) is 0.704. The summed E-state index contributed by atoms with van der Waals surface area (Å²) in [5.41, 5.74) is 6.36. The Morgan fingerprint density at radius 3 is 2.45 bits per heavy atom. The lowest BCUT2D eigenvalue weighted by molar-refractivity contribution is -0.124. The topological polar surface area (TPSA) is 64.8 Å². The van der Waals surface area contributed by atoms with E-state index in [9.17, 15) is 4.79 Å². The molecule has 1 rings (SSSR count). The highest BCUT2D eigenvalue weighted by atomic mass is 16.5. The molecule has 1 aromatic rings. The molecule has 112 valence electrons. The summed E-state index contributed by atoms with van der Waals surface area (Å²) in [7, 11) is 1.61. The normalized spacial score (nSPS) is 10.7. The van der Waals surface area contributed by atoms with E-state index in [0.29, 0.717) is 13.1 Å². The van der Waals surface area contributed by atoms with Crippen LogP contribution in [0.4, 0.5) is 5.69 Å². The number of rotatable bonds is 8. The largest absolute Gasteiger partial charge is 0.497 e. The van der Waals surface area contributed by atoms with Crippen LogP contribution in [0.15, 0.2) is 24.3 Å². The minimum atomic E-state index is -0.0580. The van der Waals surface area contributed by atoms with E-state index in [2.05, 4.69) is 0 Å². The van der Waals surface area contributed by atoms with Crippen LogP contribution in [0, 0.1) is 0 Å². The van der Waals surface area contributed by atoms with E-state index in [-0.39, 0.29) is 18.6 Å². The van der Waals surface area contributed by atoms with Gasteiger partial charge in [-0.05, 0) is 51.1 Å². The van der Waals surface area contributed by atoms with Crippen molar-refractivity contribution in [2.24, 2.45) is 5.73 Å². The third-order valence-electron chi connectivity index (χ3n) is 2.81. The third-order valence-corrected chi connectivity index (χ3v) is 2.81. The Kier molecular flexibility index (Phi) is 7.04. The van der Waals surface area contributed by atoms with Crippen LogP contribution in [0.5, 0.6) is 5.75 Å². The molecule has 0 saturated carbocycles. The van der Waals surface area contributed by atoms with Gasteiger partial charge in [-0.25, -0.2) is 0 Å². The smallest absolute Gasteiger partial charge is 0.252 e. The summed E-state index contributed by atoms with van der Waals surface area (Å²) >= 11 is 0. The summed E-state index contributed by atoms with van der Waals surface area (Å²) in [4.78, 5) is 13.9. The molecule has 0 fully saturated rings. The van der Waals surface area contributed by atoms with Crippen LogP contribution in [0.2, 0.25) is 0 Å². The molecule has 5 nitrogen and oxygen atoms in total. The Morgan fingerprint density at radius 2 is 1.95 bits per heavy atom. The first-order valence-electron chi connectivity index (χ1n) is 6.84. The molecule has 1 aromatic carbocycles. The Labute approximate surface area is 120 Å². The molecule has 0 unspecified atom stereocenters. The van der Waals surface area contributed by atoms with Gasteiger partial charge >= 0.3 is 0 Å². The number of anilines is 1. The Balaban J connectivity index is 2.78. The molecule has 20 heavy (non-hydrogen) atoms. The molecule has 0 spiro atoms. The highest BCUT2D eigenvalue weighted by Crippen LogP contribution is 2.19. The first-order valence-corrected chi connectivity index (χ1v) is 6.84. The van der Waals surface area contributed by atoms with Crippen LogP contribution < -0.4 is 15.4 Å². The average molecular weight is 280 g/mol. The Morgan fingerprint density at radius 1 is 1.30 bits per heavy atom. The quantitative estimate of drug-likeness (QED) is 0.788. The molecule has 0 saturated heterocycles. The maximum atomic E-state index is 12.2. The van der Waals surface area contributed by atoms with Crippen molar-refractivity contribution in [3.63, 3.8) is 0 Å². The van der Waals surface area contributed by atoms with Gasteiger partial charge in [0.05, 0.1) is 13.2 Å². The molecule has 0 radical (unpaired) electrons. The number of hydrogen-bond acceptors (Lipinski definition) is 4. The monoisotopic (exact) mass is 280 g/mol. The van der Waals surface area contributed by atoms with Gasteiger partial charge in [0.2, 0.25) is 0 Å². The molecule has 0 heterocycles. The van der Waals surface area contributed by atoms with Crippen LogP contribution in [-0.4, -0.2) is 38.8 Å². The zero-order valence-corrected chi connectivity index (χ0v) is 12.5. The predicted molar refractivity (Wildman–Crippen MR) is 80.1 cm³/mol. The van der Waals surface area contributed by atoms with Crippen LogP contribution >= 0.6 is 0 Å². The van der Waals surface area contributed by atoms with Crippen LogP contribution in [0.1, 0.15) is 20.3 Å². The number of benzene rings is 1. The van der Waals surface area contributed by atoms with Crippen molar-refractivity contribution in [3.05, 3.63) is 24.3 Å². The van der Waals surface area contributed by atoms with Gasteiger partial charge in [0.25, 0.3) is 5.91 Å². The first kappa shape index (κ1) is 16.5. The maximum Gasteiger partial charge on any atom is 0.252 e. The Bertz CT molecular complexity index is 404. The zero-order valence-electron chi connectivity index (χ0n) is 12.5. The molecule has 0 aliphatic rings. The van der Waals surface area contributed by atoms with Crippen molar-refractivity contribution in [2.45, 2.75) is 26.4 Å². The lowest BCUT2D eigenvalue weighted by Gasteiger charge is -2.23. The number of nitrogens with two attached hydrogens (primary N) is 1. The molecule has 0 bridgehead atoms.